The first kappa shape index (κ1) is 14.3. The van der Waals surface area contributed by atoms with E-state index in [1.54, 1.807) is 4.90 Å². The number of aromatic amines is 1. The summed E-state index contributed by atoms with van der Waals surface area (Å²) in [5.41, 5.74) is 2.42. The van der Waals surface area contributed by atoms with Gasteiger partial charge in [0.1, 0.15) is 0 Å². The van der Waals surface area contributed by atoms with Crippen LogP contribution in [0.4, 0.5) is 0 Å². The van der Waals surface area contributed by atoms with Crippen molar-refractivity contribution in [3.8, 4) is 0 Å². The molecule has 112 valence electrons. The molecule has 6 heteroatoms. The van der Waals surface area contributed by atoms with E-state index in [-0.39, 0.29) is 10.7 Å². The van der Waals surface area contributed by atoms with E-state index in [9.17, 15) is 9.00 Å². The number of rotatable bonds is 1. The number of hydrogen-bond acceptors (Lipinski definition) is 3. The van der Waals surface area contributed by atoms with Gasteiger partial charge in [0, 0.05) is 35.0 Å². The molecule has 21 heavy (non-hydrogen) atoms. The van der Waals surface area contributed by atoms with Crippen molar-refractivity contribution in [2.45, 2.75) is 25.5 Å². The van der Waals surface area contributed by atoms with Crippen LogP contribution in [0.1, 0.15) is 29.9 Å². The summed E-state index contributed by atoms with van der Waals surface area (Å²) in [6.07, 6.45) is 0. The molecule has 5 nitrogen and oxygen atoms in total. The topological polar surface area (TPSA) is 66.1 Å². The van der Waals surface area contributed by atoms with Gasteiger partial charge in [0.05, 0.1) is 10.3 Å². The number of nitrogens with zero attached hydrogens (tertiary/aromatic N) is 2. The molecule has 1 aliphatic heterocycles. The third-order valence-corrected chi connectivity index (χ3v) is 5.86. The van der Waals surface area contributed by atoms with Crippen LogP contribution < -0.4 is 0 Å². The van der Waals surface area contributed by atoms with E-state index in [1.807, 2.05) is 39.0 Å². The number of carbonyl (C=O) groups excluding carboxylic acids is 1. The summed E-state index contributed by atoms with van der Waals surface area (Å²) in [4.78, 5) is 14.5. The van der Waals surface area contributed by atoms with E-state index in [1.165, 1.54) is 0 Å². The highest BCUT2D eigenvalue weighted by Gasteiger charge is 2.36. The minimum Gasteiger partial charge on any atom is -0.335 e. The lowest BCUT2D eigenvalue weighted by Crippen LogP contribution is -2.52. The Kier molecular flexibility index (Phi) is 3.36. The van der Waals surface area contributed by atoms with Crippen molar-refractivity contribution in [3.05, 3.63) is 29.5 Å². The van der Waals surface area contributed by atoms with Crippen LogP contribution in [0.15, 0.2) is 18.2 Å². The first-order valence-corrected chi connectivity index (χ1v) is 8.33. The molecule has 1 amide bonds. The first-order chi connectivity index (χ1) is 9.88. The average Bonchev–Trinajstić information content (AvgIpc) is 2.84. The average molecular weight is 305 g/mol. The Hall–Kier alpha value is -1.69. The fourth-order valence-corrected chi connectivity index (χ4v) is 3.93. The summed E-state index contributed by atoms with van der Waals surface area (Å²) >= 11 is 0. The van der Waals surface area contributed by atoms with Gasteiger partial charge in [0.25, 0.3) is 5.91 Å². The van der Waals surface area contributed by atoms with Crippen LogP contribution in [-0.2, 0) is 10.8 Å². The predicted molar refractivity (Wildman–Crippen MR) is 83.8 cm³/mol. The molecule has 0 radical (unpaired) electrons. The van der Waals surface area contributed by atoms with E-state index in [0.29, 0.717) is 24.5 Å². The maximum Gasteiger partial charge on any atom is 0.275 e. The number of fused-ring (bicyclic) bond motifs is 1. The molecule has 1 atom stereocenters. The number of benzene rings is 1. The molecule has 0 saturated carbocycles. The van der Waals surface area contributed by atoms with Gasteiger partial charge in [-0.2, -0.15) is 5.10 Å². The van der Waals surface area contributed by atoms with Crippen molar-refractivity contribution in [3.63, 3.8) is 0 Å². The zero-order chi connectivity index (χ0) is 15.2. The van der Waals surface area contributed by atoms with Gasteiger partial charge >= 0.3 is 0 Å². The van der Waals surface area contributed by atoms with Crippen molar-refractivity contribution in [1.29, 1.82) is 0 Å². The lowest BCUT2D eigenvalue weighted by atomic mass is 10.1. The minimum absolute atomic E-state index is 0.0865. The molecule has 1 fully saturated rings. The van der Waals surface area contributed by atoms with E-state index >= 15 is 0 Å². The molecule has 1 aliphatic rings. The molecule has 2 aromatic rings. The van der Waals surface area contributed by atoms with Crippen LogP contribution in [0.25, 0.3) is 10.9 Å². The van der Waals surface area contributed by atoms with Gasteiger partial charge < -0.3 is 4.90 Å². The maximum absolute atomic E-state index is 12.7. The highest BCUT2D eigenvalue weighted by atomic mass is 32.2. The van der Waals surface area contributed by atoms with Crippen molar-refractivity contribution >= 4 is 27.6 Å². The number of aryl methyl sites for hydroxylation is 1. The Morgan fingerprint density at radius 1 is 1.43 bits per heavy atom. The van der Waals surface area contributed by atoms with Crippen molar-refractivity contribution in [2.24, 2.45) is 0 Å². The normalized spacial score (nSPS) is 21.7. The zero-order valence-electron chi connectivity index (χ0n) is 12.5. The Bertz CT molecular complexity index is 736. The Labute approximate surface area is 126 Å². The number of amides is 1. The molecule has 1 saturated heterocycles. The predicted octanol–water partition coefficient (Wildman–Crippen LogP) is 1.85. The smallest absolute Gasteiger partial charge is 0.275 e. The molecule has 1 aromatic heterocycles. The van der Waals surface area contributed by atoms with E-state index in [2.05, 4.69) is 10.2 Å². The van der Waals surface area contributed by atoms with Crippen LogP contribution in [0.3, 0.4) is 0 Å². The second-order valence-corrected chi connectivity index (χ2v) is 8.36. The maximum atomic E-state index is 12.7. The molecule has 3 rings (SSSR count). The Morgan fingerprint density at radius 3 is 2.90 bits per heavy atom. The summed E-state index contributed by atoms with van der Waals surface area (Å²) in [6, 6.07) is 5.89. The molecule has 2 heterocycles. The van der Waals surface area contributed by atoms with Gasteiger partial charge in [-0.15, -0.1) is 0 Å². The second kappa shape index (κ2) is 4.94. The lowest BCUT2D eigenvalue weighted by Gasteiger charge is -2.36. The summed E-state index contributed by atoms with van der Waals surface area (Å²) in [5, 5.41) is 7.95. The molecule has 0 unspecified atom stereocenters. The number of H-pyrrole nitrogens is 1. The Balaban J connectivity index is 1.94. The summed E-state index contributed by atoms with van der Waals surface area (Å²) < 4.78 is 11.6. The number of nitrogens with one attached hydrogen (secondary N) is 1. The van der Waals surface area contributed by atoms with Gasteiger partial charge in [-0.1, -0.05) is 11.6 Å². The lowest BCUT2D eigenvalue weighted by molar-refractivity contribution is 0.0742. The van der Waals surface area contributed by atoms with Crippen molar-refractivity contribution in [1.82, 2.24) is 15.1 Å². The number of hydrogen-bond donors (Lipinski definition) is 1. The first-order valence-electron chi connectivity index (χ1n) is 7.01. The monoisotopic (exact) mass is 305 g/mol. The third kappa shape index (κ3) is 2.48. The molecule has 0 bridgehead atoms. The summed E-state index contributed by atoms with van der Waals surface area (Å²) in [5.74, 6) is 0.441. The van der Waals surface area contributed by atoms with Gasteiger partial charge in [-0.25, -0.2) is 0 Å². The molecule has 0 aliphatic carbocycles. The zero-order valence-corrected chi connectivity index (χ0v) is 13.3. The van der Waals surface area contributed by atoms with Crippen LogP contribution >= 0.6 is 0 Å². The largest absolute Gasteiger partial charge is 0.335 e. The van der Waals surface area contributed by atoms with Crippen LogP contribution in [0.5, 0.6) is 0 Å². The molecular weight excluding hydrogens is 286 g/mol. The number of aromatic nitrogens is 2. The summed E-state index contributed by atoms with van der Waals surface area (Å²) in [7, 11) is -0.887. The highest BCUT2D eigenvalue weighted by Crippen LogP contribution is 2.24. The van der Waals surface area contributed by atoms with Gasteiger partial charge in [-0.3, -0.25) is 14.1 Å². The van der Waals surface area contributed by atoms with Crippen molar-refractivity contribution < 1.29 is 9.00 Å². The quantitative estimate of drug-likeness (QED) is 0.874. The van der Waals surface area contributed by atoms with Gasteiger partial charge in [0.2, 0.25) is 0 Å². The van der Waals surface area contributed by atoms with Crippen molar-refractivity contribution in [2.75, 3.05) is 18.8 Å². The van der Waals surface area contributed by atoms with Crippen LogP contribution in [-0.4, -0.2) is 48.8 Å². The molecule has 0 spiro atoms. The Morgan fingerprint density at radius 2 is 2.19 bits per heavy atom. The van der Waals surface area contributed by atoms with E-state index in [0.717, 1.165) is 16.5 Å². The highest BCUT2D eigenvalue weighted by molar-refractivity contribution is 7.86. The fraction of sp³-hybridized carbons (Fsp3) is 0.467. The standard InChI is InChI=1S/C15H19N3O2S/c1-10-4-5-12-11(8-10)13(17-16-12)14(19)18-6-7-21(20)15(2,3)9-18/h4-5,8H,6-7,9H2,1-3H3,(H,16,17)/t21-/m1/s1. The second-order valence-electron chi connectivity index (χ2n) is 6.16. The van der Waals surface area contributed by atoms with Gasteiger partial charge in [0.15, 0.2) is 5.69 Å². The minimum atomic E-state index is -0.887. The van der Waals surface area contributed by atoms with Crippen LogP contribution in [0.2, 0.25) is 0 Å². The van der Waals surface area contributed by atoms with E-state index < -0.39 is 10.8 Å². The molecule has 1 N–H and O–H groups in total. The fourth-order valence-electron chi connectivity index (χ4n) is 2.69. The van der Waals surface area contributed by atoms with Crippen LogP contribution in [0, 0.1) is 6.92 Å². The van der Waals surface area contributed by atoms with E-state index in [4.69, 9.17) is 0 Å². The third-order valence-electron chi connectivity index (χ3n) is 3.94. The molecule has 1 aromatic carbocycles. The number of carbonyl (C=O) groups is 1. The molecular formula is C15H19N3O2S. The summed E-state index contributed by atoms with van der Waals surface area (Å²) in [6.45, 7) is 6.90. The van der Waals surface area contributed by atoms with Gasteiger partial charge in [-0.05, 0) is 32.9 Å². The SMILES string of the molecule is Cc1ccc2[nH]nc(C(=O)N3CC[S@@](=O)C(C)(C)C3)c2c1.